The van der Waals surface area contributed by atoms with E-state index in [-0.39, 0.29) is 6.04 Å². The number of nitrogens with zero attached hydrogens (tertiary/aromatic N) is 3. The second-order valence-corrected chi connectivity index (χ2v) is 9.38. The largest absolute Gasteiger partial charge is 0.351 e. The van der Waals surface area contributed by atoms with Crippen molar-refractivity contribution < 1.29 is 4.52 Å². The fourth-order valence-electron chi connectivity index (χ4n) is 3.80. The van der Waals surface area contributed by atoms with Gasteiger partial charge >= 0.3 is 0 Å². The van der Waals surface area contributed by atoms with Crippen LogP contribution in [0.1, 0.15) is 50.3 Å². The topological polar surface area (TPSA) is 54.2 Å². The van der Waals surface area contributed by atoms with E-state index in [1.165, 1.54) is 5.56 Å². The van der Waals surface area contributed by atoms with Crippen molar-refractivity contribution in [2.75, 3.05) is 6.54 Å². The van der Waals surface area contributed by atoms with Crippen molar-refractivity contribution in [3.8, 4) is 11.4 Å². The molecule has 1 N–H and O–H groups in total. The summed E-state index contributed by atoms with van der Waals surface area (Å²) in [6.45, 7) is 9.36. The van der Waals surface area contributed by atoms with Gasteiger partial charge in [-0.1, -0.05) is 72.6 Å². The fourth-order valence-corrected chi connectivity index (χ4v) is 4.35. The third kappa shape index (κ3) is 4.71. The molecule has 1 aliphatic rings. The highest BCUT2D eigenvalue weighted by Crippen LogP contribution is 2.38. The zero-order valence-corrected chi connectivity index (χ0v) is 20.3. The number of hydrogen-bond acceptors (Lipinski definition) is 4. The van der Waals surface area contributed by atoms with E-state index in [1.807, 2.05) is 48.5 Å². The molecule has 32 heavy (non-hydrogen) atoms. The third-order valence-electron chi connectivity index (χ3n) is 5.67. The van der Waals surface area contributed by atoms with E-state index in [0.29, 0.717) is 27.8 Å². The summed E-state index contributed by atoms with van der Waals surface area (Å²) >= 11 is 12.0. The SMILES string of the molecule is CC1=C(c2nc(-c3ccc(C)cc3)no2)C(c2cccc(Cl)c2)NC(=S)N1CCC(C)C. The van der Waals surface area contributed by atoms with E-state index in [2.05, 4.69) is 43.1 Å². The first-order valence-corrected chi connectivity index (χ1v) is 11.6. The highest BCUT2D eigenvalue weighted by atomic mass is 35.5. The molecule has 1 unspecified atom stereocenters. The normalized spacial score (nSPS) is 16.6. The molecule has 7 heteroatoms. The third-order valence-corrected chi connectivity index (χ3v) is 6.25. The predicted molar refractivity (Wildman–Crippen MR) is 133 cm³/mol. The van der Waals surface area contributed by atoms with Crippen molar-refractivity contribution >= 4 is 34.5 Å². The average Bonchev–Trinajstić information content (AvgIpc) is 3.23. The molecule has 0 fully saturated rings. The van der Waals surface area contributed by atoms with Crippen LogP contribution in [0.25, 0.3) is 17.0 Å². The van der Waals surface area contributed by atoms with Crippen molar-refractivity contribution in [3.63, 3.8) is 0 Å². The Hall–Kier alpha value is -2.70. The van der Waals surface area contributed by atoms with Crippen molar-refractivity contribution in [1.29, 1.82) is 0 Å². The summed E-state index contributed by atoms with van der Waals surface area (Å²) in [5.74, 6) is 1.61. The molecule has 0 saturated carbocycles. The minimum Gasteiger partial charge on any atom is -0.351 e. The van der Waals surface area contributed by atoms with Crippen LogP contribution in [0.3, 0.4) is 0 Å². The Bertz CT molecular complexity index is 1150. The maximum absolute atomic E-state index is 6.30. The second kappa shape index (κ2) is 9.43. The van der Waals surface area contributed by atoms with Gasteiger partial charge in [-0.2, -0.15) is 4.98 Å². The van der Waals surface area contributed by atoms with E-state index in [0.717, 1.165) is 35.4 Å². The zero-order chi connectivity index (χ0) is 22.8. The van der Waals surface area contributed by atoms with Crippen molar-refractivity contribution in [2.24, 2.45) is 5.92 Å². The number of halogens is 1. The van der Waals surface area contributed by atoms with E-state index in [9.17, 15) is 0 Å². The van der Waals surface area contributed by atoms with Crippen LogP contribution >= 0.6 is 23.8 Å². The number of hydrogen-bond donors (Lipinski definition) is 1. The predicted octanol–water partition coefficient (Wildman–Crippen LogP) is 6.41. The van der Waals surface area contributed by atoms with Gasteiger partial charge in [-0.15, -0.1) is 0 Å². The second-order valence-electron chi connectivity index (χ2n) is 8.56. The van der Waals surface area contributed by atoms with Gasteiger partial charge in [-0.25, -0.2) is 0 Å². The zero-order valence-electron chi connectivity index (χ0n) is 18.7. The summed E-state index contributed by atoms with van der Waals surface area (Å²) in [5, 5.41) is 9.10. The first-order chi connectivity index (χ1) is 15.3. The molecule has 0 radical (unpaired) electrons. The number of thiocarbonyl (C=S) groups is 1. The minimum absolute atomic E-state index is 0.234. The van der Waals surface area contributed by atoms with Gasteiger partial charge in [0.25, 0.3) is 5.89 Å². The lowest BCUT2D eigenvalue weighted by Crippen LogP contribution is -2.46. The summed E-state index contributed by atoms with van der Waals surface area (Å²) < 4.78 is 5.79. The molecule has 4 rings (SSSR count). The van der Waals surface area contributed by atoms with Crippen LogP contribution in [-0.4, -0.2) is 26.7 Å². The number of nitrogens with one attached hydrogen (secondary N) is 1. The first-order valence-electron chi connectivity index (χ1n) is 10.8. The van der Waals surface area contributed by atoms with Crippen LogP contribution in [0.15, 0.2) is 58.8 Å². The molecule has 166 valence electrons. The quantitative estimate of drug-likeness (QED) is 0.424. The number of aryl methyl sites for hydroxylation is 1. The van der Waals surface area contributed by atoms with Crippen LogP contribution in [0.4, 0.5) is 0 Å². The molecular weight excluding hydrogens is 440 g/mol. The van der Waals surface area contributed by atoms with Gasteiger partial charge in [-0.05, 0) is 56.1 Å². The fraction of sp³-hybridized carbons (Fsp3) is 0.320. The summed E-state index contributed by atoms with van der Waals surface area (Å²) in [6, 6.07) is 15.6. The lowest BCUT2D eigenvalue weighted by atomic mass is 9.94. The van der Waals surface area contributed by atoms with E-state index in [1.54, 1.807) is 0 Å². The molecule has 0 bridgehead atoms. The molecule has 1 aromatic heterocycles. The van der Waals surface area contributed by atoms with Crippen LogP contribution < -0.4 is 5.32 Å². The van der Waals surface area contributed by atoms with Gasteiger partial charge in [-0.3, -0.25) is 0 Å². The molecule has 2 aromatic carbocycles. The Morgan fingerprint density at radius 3 is 2.59 bits per heavy atom. The van der Waals surface area contributed by atoms with E-state index >= 15 is 0 Å². The Balaban J connectivity index is 1.79. The summed E-state index contributed by atoms with van der Waals surface area (Å²) in [5.41, 5.74) is 5.02. The highest BCUT2D eigenvalue weighted by molar-refractivity contribution is 7.80. The maximum Gasteiger partial charge on any atom is 0.258 e. The van der Waals surface area contributed by atoms with Gasteiger partial charge in [0.05, 0.1) is 11.6 Å². The molecule has 0 spiro atoms. The lowest BCUT2D eigenvalue weighted by Gasteiger charge is -2.37. The molecule has 1 aliphatic heterocycles. The smallest absolute Gasteiger partial charge is 0.258 e. The van der Waals surface area contributed by atoms with Gasteiger partial charge in [0.2, 0.25) is 5.82 Å². The molecule has 0 amide bonds. The molecule has 2 heterocycles. The van der Waals surface area contributed by atoms with Crippen LogP contribution in [0, 0.1) is 12.8 Å². The molecule has 0 saturated heterocycles. The standard InChI is InChI=1S/C25H27ClN4OS/c1-15(2)12-13-30-17(4)21(22(27-25(30)32)19-6-5-7-20(26)14-19)24-28-23(29-31-24)18-10-8-16(3)9-11-18/h5-11,14-15,22H,12-13H2,1-4H3,(H,27,32). The van der Waals surface area contributed by atoms with E-state index < -0.39 is 0 Å². The summed E-state index contributed by atoms with van der Waals surface area (Å²) in [4.78, 5) is 6.89. The van der Waals surface area contributed by atoms with Crippen LogP contribution in [-0.2, 0) is 0 Å². The van der Waals surface area contributed by atoms with Crippen LogP contribution in [0.2, 0.25) is 5.02 Å². The summed E-state index contributed by atoms with van der Waals surface area (Å²) in [7, 11) is 0. The molecule has 5 nitrogen and oxygen atoms in total. The Morgan fingerprint density at radius 2 is 1.91 bits per heavy atom. The van der Waals surface area contributed by atoms with Gasteiger partial charge < -0.3 is 14.7 Å². The number of benzene rings is 2. The van der Waals surface area contributed by atoms with Gasteiger partial charge in [0.15, 0.2) is 5.11 Å². The Morgan fingerprint density at radius 1 is 1.16 bits per heavy atom. The molecular formula is C25H27ClN4OS. The minimum atomic E-state index is -0.234. The molecule has 0 aliphatic carbocycles. The molecule has 3 aromatic rings. The van der Waals surface area contributed by atoms with Gasteiger partial charge in [0, 0.05) is 22.8 Å². The van der Waals surface area contributed by atoms with E-state index in [4.69, 9.17) is 33.3 Å². The highest BCUT2D eigenvalue weighted by Gasteiger charge is 2.34. The van der Waals surface area contributed by atoms with Gasteiger partial charge in [0.1, 0.15) is 0 Å². The first kappa shape index (κ1) is 22.5. The number of rotatable bonds is 6. The Labute approximate surface area is 199 Å². The van der Waals surface area contributed by atoms with Crippen LogP contribution in [0.5, 0.6) is 0 Å². The maximum atomic E-state index is 6.30. The monoisotopic (exact) mass is 466 g/mol. The Kier molecular flexibility index (Phi) is 6.63. The average molecular weight is 467 g/mol. The molecule has 1 atom stereocenters. The van der Waals surface area contributed by atoms with Crippen molar-refractivity contribution in [1.82, 2.24) is 20.4 Å². The van der Waals surface area contributed by atoms with Crippen molar-refractivity contribution in [2.45, 2.75) is 40.2 Å². The number of aromatic nitrogens is 2. The van der Waals surface area contributed by atoms with Crippen molar-refractivity contribution in [3.05, 3.63) is 76.3 Å². The summed E-state index contributed by atoms with van der Waals surface area (Å²) in [6.07, 6.45) is 1.02. The lowest BCUT2D eigenvalue weighted by molar-refractivity contribution is 0.390. The number of allylic oxidation sites excluding steroid dienone is 1.